The first-order chi connectivity index (χ1) is 29.4. The van der Waals surface area contributed by atoms with Crippen LogP contribution in [0.25, 0.3) is 0 Å². The zero-order valence-electron chi connectivity index (χ0n) is 33.4. The van der Waals surface area contributed by atoms with Crippen LogP contribution in [0.3, 0.4) is 0 Å². The number of hydrogen-bond donors (Lipinski definition) is 4. The van der Waals surface area contributed by atoms with E-state index in [1.165, 1.54) is 0 Å². The van der Waals surface area contributed by atoms with Crippen LogP contribution < -0.4 is 0 Å². The zero-order valence-corrected chi connectivity index (χ0v) is 33.4. The van der Waals surface area contributed by atoms with Crippen LogP contribution >= 0.6 is 0 Å². The van der Waals surface area contributed by atoms with Gasteiger partial charge >= 0.3 is 0 Å². The van der Waals surface area contributed by atoms with Gasteiger partial charge in [0.25, 0.3) is 0 Å². The quantitative estimate of drug-likeness (QED) is 0.146. The van der Waals surface area contributed by atoms with Gasteiger partial charge < -0.3 is 20.4 Å². The molecule has 4 nitrogen and oxygen atoms in total. The lowest BCUT2D eigenvalue weighted by Gasteiger charge is -2.22. The largest absolute Gasteiger partial charge is 0.507 e. The van der Waals surface area contributed by atoms with Gasteiger partial charge in [-0.2, -0.15) is 0 Å². The van der Waals surface area contributed by atoms with Gasteiger partial charge in [-0.15, -0.1) is 0 Å². The molecule has 0 aliphatic heterocycles. The lowest BCUT2D eigenvalue weighted by Crippen LogP contribution is -2.06. The summed E-state index contributed by atoms with van der Waals surface area (Å²) in [4.78, 5) is 0. The summed E-state index contributed by atoms with van der Waals surface area (Å²) in [5.74, 6) is 0.389. The highest BCUT2D eigenvalue weighted by molar-refractivity contribution is 5.60. The standard InChI is InChI=1S/C56H48O4/c57-53-45-25-41(37-17-9-1-2-10-18-37)26-46(53)34-48-28-43(39-21-13-5-6-14-22-39)30-50(55(48)59)36-52-32-44(40-23-15-7-8-16-24-40)31-51(56(52)60)35-49-29-42(27-47(33-45)54(49)58)38-19-11-3-4-12-20-38/h1-32,37-40,57-60H,33-36H2. The van der Waals surface area contributed by atoms with Crippen LogP contribution in [-0.2, 0) is 25.7 Å². The van der Waals surface area contributed by atoms with Gasteiger partial charge in [0, 0.05) is 49.4 Å². The first-order valence-electron chi connectivity index (χ1n) is 20.8. The lowest BCUT2D eigenvalue weighted by molar-refractivity contribution is 0.450. The van der Waals surface area contributed by atoms with Gasteiger partial charge in [-0.1, -0.05) is 194 Å². The molecule has 0 saturated heterocycles. The summed E-state index contributed by atoms with van der Waals surface area (Å²) in [7, 11) is 0. The number of phenolic OH excluding ortho intramolecular Hbond substituents is 4. The Morgan fingerprint density at radius 2 is 0.383 bits per heavy atom. The second-order valence-corrected chi connectivity index (χ2v) is 16.2. The lowest BCUT2D eigenvalue weighted by atomic mass is 9.84. The third kappa shape index (κ3) is 8.15. The normalized spacial score (nSPS) is 17.6. The van der Waals surface area contributed by atoms with Gasteiger partial charge in [0.1, 0.15) is 23.0 Å². The molecule has 0 saturated carbocycles. The topological polar surface area (TPSA) is 80.9 Å². The van der Waals surface area contributed by atoms with E-state index in [1.807, 2.05) is 146 Å². The van der Waals surface area contributed by atoms with E-state index in [0.29, 0.717) is 44.5 Å². The summed E-state index contributed by atoms with van der Waals surface area (Å²) in [5.41, 5.74) is 9.51. The van der Waals surface area contributed by atoms with Crippen molar-refractivity contribution in [2.45, 2.75) is 49.4 Å². The summed E-state index contributed by atoms with van der Waals surface area (Å²) < 4.78 is 0. The minimum atomic E-state index is -0.0478. The highest BCUT2D eigenvalue weighted by Crippen LogP contribution is 2.42. The van der Waals surface area contributed by atoms with Gasteiger partial charge in [-0.3, -0.25) is 0 Å². The maximum absolute atomic E-state index is 12.3. The van der Waals surface area contributed by atoms with E-state index < -0.39 is 0 Å². The summed E-state index contributed by atoms with van der Waals surface area (Å²) in [5, 5.41) is 49.1. The van der Waals surface area contributed by atoms with Gasteiger partial charge in [-0.05, 0) is 66.8 Å². The summed E-state index contributed by atoms with van der Waals surface area (Å²) >= 11 is 0. The molecule has 0 radical (unpaired) electrons. The van der Waals surface area contributed by atoms with Crippen LogP contribution in [0, 0.1) is 0 Å². The maximum atomic E-state index is 12.3. The van der Waals surface area contributed by atoms with E-state index in [0.717, 1.165) is 22.3 Å². The molecule has 0 amide bonds. The van der Waals surface area contributed by atoms with Gasteiger partial charge in [-0.25, -0.2) is 0 Å². The molecule has 296 valence electrons. The highest BCUT2D eigenvalue weighted by Gasteiger charge is 2.24. The number of allylic oxidation sites excluding steroid dienone is 24. The molecule has 4 N–H and O–H groups in total. The number of fused-ring (bicyclic) bond motifs is 8. The summed E-state index contributed by atoms with van der Waals surface area (Å²) in [6.45, 7) is 0. The Hall–Kier alpha value is -7.04. The van der Waals surface area contributed by atoms with E-state index in [-0.39, 0.29) is 72.4 Å². The zero-order chi connectivity index (χ0) is 41.0. The van der Waals surface area contributed by atoms with Gasteiger partial charge in [0.05, 0.1) is 0 Å². The van der Waals surface area contributed by atoms with Crippen molar-refractivity contribution in [2.75, 3.05) is 0 Å². The van der Waals surface area contributed by atoms with Gasteiger partial charge in [0.2, 0.25) is 0 Å². The molecular formula is C56H48O4. The van der Waals surface area contributed by atoms with Crippen LogP contribution in [0.15, 0.2) is 194 Å². The molecule has 4 aromatic carbocycles. The minimum absolute atomic E-state index is 0.0478. The fourth-order valence-corrected chi connectivity index (χ4v) is 8.95. The Balaban J connectivity index is 1.29. The third-order valence-electron chi connectivity index (χ3n) is 12.1. The van der Waals surface area contributed by atoms with E-state index in [4.69, 9.17) is 0 Å². The number of hydrogen-bond acceptors (Lipinski definition) is 4. The van der Waals surface area contributed by atoms with E-state index in [9.17, 15) is 20.4 Å². The SMILES string of the molecule is Oc1c2cc(C3C=CC=CC=C3)cc1Cc1cc(C3C=CC=CC=C3)cc(c1O)Cc1cc(C3C=CC=CC=C3)cc(c1O)Cc1cc(C3C=CC=CC=C3)cc(c1O)C2. The molecule has 0 fully saturated rings. The first kappa shape index (κ1) is 38.5. The number of benzene rings is 4. The predicted octanol–water partition coefficient (Wildman–Crippen LogP) is 12.2. The Bertz CT molecular complexity index is 2190. The molecular weight excluding hydrogens is 737 g/mol. The van der Waals surface area contributed by atoms with Crippen molar-refractivity contribution in [3.8, 4) is 23.0 Å². The minimum Gasteiger partial charge on any atom is -0.507 e. The molecule has 5 aliphatic carbocycles. The Kier molecular flexibility index (Phi) is 10.9. The average Bonchev–Trinajstić information content (AvgIpc) is 3.89. The molecule has 0 spiro atoms. The monoisotopic (exact) mass is 784 g/mol. The highest BCUT2D eigenvalue weighted by atomic mass is 16.3. The number of rotatable bonds is 4. The molecule has 0 heterocycles. The molecule has 4 aromatic rings. The maximum Gasteiger partial charge on any atom is 0.122 e. The van der Waals surface area contributed by atoms with Crippen molar-refractivity contribution in [3.63, 3.8) is 0 Å². The Morgan fingerprint density at radius 1 is 0.233 bits per heavy atom. The van der Waals surface area contributed by atoms with Crippen molar-refractivity contribution in [1.29, 1.82) is 0 Å². The van der Waals surface area contributed by atoms with Crippen molar-refractivity contribution in [2.24, 2.45) is 0 Å². The van der Waals surface area contributed by atoms with Crippen molar-refractivity contribution in [1.82, 2.24) is 0 Å². The smallest absolute Gasteiger partial charge is 0.122 e. The molecule has 4 heteroatoms. The second-order valence-electron chi connectivity index (χ2n) is 16.2. The van der Waals surface area contributed by atoms with Crippen LogP contribution in [0.4, 0.5) is 0 Å². The average molecular weight is 785 g/mol. The van der Waals surface area contributed by atoms with E-state index in [2.05, 4.69) is 48.6 Å². The molecule has 60 heavy (non-hydrogen) atoms. The van der Waals surface area contributed by atoms with Gasteiger partial charge in [0.15, 0.2) is 0 Å². The number of phenols is 4. The van der Waals surface area contributed by atoms with Crippen LogP contribution in [0.5, 0.6) is 23.0 Å². The third-order valence-corrected chi connectivity index (χ3v) is 12.1. The molecule has 0 unspecified atom stereocenters. The second kappa shape index (κ2) is 17.1. The predicted molar refractivity (Wildman–Crippen MR) is 244 cm³/mol. The molecule has 8 bridgehead atoms. The Labute approximate surface area is 352 Å². The van der Waals surface area contributed by atoms with Crippen LogP contribution in [0.1, 0.15) is 90.4 Å². The van der Waals surface area contributed by atoms with Crippen molar-refractivity contribution < 1.29 is 20.4 Å². The molecule has 9 rings (SSSR count). The van der Waals surface area contributed by atoms with Crippen LogP contribution in [0.2, 0.25) is 0 Å². The molecule has 0 aromatic heterocycles. The summed E-state index contributed by atoms with van der Waals surface area (Å²) in [6.07, 6.45) is 50.6. The van der Waals surface area contributed by atoms with E-state index >= 15 is 0 Å². The molecule has 5 aliphatic rings. The summed E-state index contributed by atoms with van der Waals surface area (Å²) in [6, 6.07) is 16.4. The van der Waals surface area contributed by atoms with Crippen molar-refractivity contribution >= 4 is 0 Å². The Morgan fingerprint density at radius 3 is 0.533 bits per heavy atom. The van der Waals surface area contributed by atoms with Crippen molar-refractivity contribution in [3.05, 3.63) is 261 Å². The van der Waals surface area contributed by atoms with Crippen LogP contribution in [-0.4, -0.2) is 20.4 Å². The number of aromatic hydroxyl groups is 4. The van der Waals surface area contributed by atoms with E-state index in [1.54, 1.807) is 0 Å². The molecule has 0 atom stereocenters. The fraction of sp³-hybridized carbons (Fsp3) is 0.143. The fourth-order valence-electron chi connectivity index (χ4n) is 8.95. The first-order valence-corrected chi connectivity index (χ1v) is 20.8.